The number of anilines is 3. The van der Waals surface area contributed by atoms with E-state index in [0.717, 1.165) is 17.1 Å². The van der Waals surface area contributed by atoms with Gasteiger partial charge in [0.05, 0.1) is 11.4 Å². The van der Waals surface area contributed by atoms with E-state index < -0.39 is 0 Å². The van der Waals surface area contributed by atoms with Crippen molar-refractivity contribution < 1.29 is 9.59 Å². The first kappa shape index (κ1) is 15.1. The molecule has 23 heavy (non-hydrogen) atoms. The van der Waals surface area contributed by atoms with Crippen LogP contribution in [0.3, 0.4) is 0 Å². The molecule has 0 radical (unpaired) electrons. The van der Waals surface area contributed by atoms with Crippen molar-refractivity contribution in [2.24, 2.45) is 0 Å². The van der Waals surface area contributed by atoms with E-state index >= 15 is 0 Å². The van der Waals surface area contributed by atoms with E-state index in [1.807, 2.05) is 61.5 Å². The highest BCUT2D eigenvalue weighted by Crippen LogP contribution is 2.31. The summed E-state index contributed by atoms with van der Waals surface area (Å²) in [5, 5.41) is 6.05. The second-order valence-electron chi connectivity index (χ2n) is 5.46. The third kappa shape index (κ3) is 3.18. The molecular formula is C18H19N3O2. The maximum Gasteiger partial charge on any atom is 0.250 e. The molecule has 0 aliphatic carbocycles. The van der Waals surface area contributed by atoms with Crippen LogP contribution >= 0.6 is 0 Å². The predicted molar refractivity (Wildman–Crippen MR) is 91.6 cm³/mol. The number of hydrogen-bond donors (Lipinski definition) is 2. The molecule has 1 atom stereocenters. The van der Waals surface area contributed by atoms with Crippen LogP contribution in [0.2, 0.25) is 0 Å². The second kappa shape index (κ2) is 6.52. The molecule has 0 fully saturated rings. The van der Waals surface area contributed by atoms with Crippen LogP contribution in [0.15, 0.2) is 54.6 Å². The minimum Gasteiger partial charge on any atom is -0.372 e. The first-order chi connectivity index (χ1) is 11.2. The van der Waals surface area contributed by atoms with Crippen molar-refractivity contribution >= 4 is 28.9 Å². The fraction of sp³-hybridized carbons (Fsp3) is 0.222. The van der Waals surface area contributed by atoms with Crippen molar-refractivity contribution in [3.63, 3.8) is 0 Å². The molecule has 1 aliphatic rings. The van der Waals surface area contributed by atoms with Crippen LogP contribution in [0.4, 0.5) is 17.1 Å². The van der Waals surface area contributed by atoms with Gasteiger partial charge in [0.15, 0.2) is 0 Å². The second-order valence-corrected chi connectivity index (χ2v) is 5.46. The Kier molecular flexibility index (Phi) is 4.28. The van der Waals surface area contributed by atoms with Crippen molar-refractivity contribution in [1.29, 1.82) is 0 Å². The van der Waals surface area contributed by atoms with Crippen molar-refractivity contribution in [1.82, 2.24) is 0 Å². The number of nitrogens with zero attached hydrogens (tertiary/aromatic N) is 1. The summed E-state index contributed by atoms with van der Waals surface area (Å²) < 4.78 is 0. The van der Waals surface area contributed by atoms with Crippen LogP contribution in [-0.2, 0) is 9.59 Å². The van der Waals surface area contributed by atoms with E-state index in [1.165, 1.54) is 0 Å². The van der Waals surface area contributed by atoms with Gasteiger partial charge in [0, 0.05) is 5.69 Å². The van der Waals surface area contributed by atoms with Crippen LogP contribution in [0.1, 0.15) is 13.3 Å². The van der Waals surface area contributed by atoms with Crippen molar-refractivity contribution in [2.45, 2.75) is 19.4 Å². The molecule has 2 aromatic rings. The number of amides is 2. The van der Waals surface area contributed by atoms with E-state index in [0.29, 0.717) is 6.42 Å². The molecule has 5 heteroatoms. The van der Waals surface area contributed by atoms with Gasteiger partial charge in [-0.05, 0) is 30.7 Å². The molecule has 0 bridgehead atoms. The van der Waals surface area contributed by atoms with Crippen molar-refractivity contribution in [2.75, 3.05) is 22.1 Å². The molecule has 0 spiro atoms. The zero-order chi connectivity index (χ0) is 16.2. The van der Waals surface area contributed by atoms with Crippen LogP contribution in [-0.4, -0.2) is 24.4 Å². The monoisotopic (exact) mass is 309 g/mol. The SMILES string of the molecule is CCC1Nc2ccccc2N(CC(=O)Nc2ccccc2)C1=O. The Balaban J connectivity index is 1.80. The standard InChI is InChI=1S/C18H19N3O2/c1-2-14-18(23)21(16-11-7-6-10-15(16)20-14)12-17(22)19-13-8-4-3-5-9-13/h3-11,14,20H,2,12H2,1H3,(H,19,22). The number of para-hydroxylation sites is 3. The number of nitrogens with one attached hydrogen (secondary N) is 2. The lowest BCUT2D eigenvalue weighted by Crippen LogP contribution is -2.49. The van der Waals surface area contributed by atoms with Crippen LogP contribution in [0, 0.1) is 0 Å². The molecule has 2 N–H and O–H groups in total. The molecule has 1 unspecified atom stereocenters. The maximum absolute atomic E-state index is 12.6. The van der Waals surface area contributed by atoms with Gasteiger partial charge in [-0.3, -0.25) is 14.5 Å². The lowest BCUT2D eigenvalue weighted by atomic mass is 10.1. The zero-order valence-electron chi connectivity index (χ0n) is 13.0. The van der Waals surface area contributed by atoms with Gasteiger partial charge in [-0.2, -0.15) is 0 Å². The highest BCUT2D eigenvalue weighted by atomic mass is 16.2. The Hall–Kier alpha value is -2.82. The first-order valence-electron chi connectivity index (χ1n) is 7.71. The third-order valence-electron chi connectivity index (χ3n) is 3.86. The molecule has 2 aromatic carbocycles. The Bertz CT molecular complexity index is 715. The predicted octanol–water partition coefficient (Wildman–Crippen LogP) is 2.86. The molecule has 0 saturated heterocycles. The highest BCUT2D eigenvalue weighted by Gasteiger charge is 2.32. The van der Waals surface area contributed by atoms with Gasteiger partial charge in [0.1, 0.15) is 12.6 Å². The van der Waals surface area contributed by atoms with E-state index in [1.54, 1.807) is 4.90 Å². The fourth-order valence-electron chi connectivity index (χ4n) is 2.69. The van der Waals surface area contributed by atoms with Crippen LogP contribution < -0.4 is 15.5 Å². The summed E-state index contributed by atoms with van der Waals surface area (Å²) in [5.41, 5.74) is 2.34. The van der Waals surface area contributed by atoms with Crippen molar-refractivity contribution in [3.05, 3.63) is 54.6 Å². The fourth-order valence-corrected chi connectivity index (χ4v) is 2.69. The van der Waals surface area contributed by atoms with E-state index in [-0.39, 0.29) is 24.4 Å². The first-order valence-corrected chi connectivity index (χ1v) is 7.71. The van der Waals surface area contributed by atoms with Crippen LogP contribution in [0.5, 0.6) is 0 Å². The Labute approximate surface area is 135 Å². The van der Waals surface area contributed by atoms with E-state index in [4.69, 9.17) is 0 Å². The summed E-state index contributed by atoms with van der Waals surface area (Å²) in [5.74, 6) is -0.287. The minimum atomic E-state index is -0.297. The van der Waals surface area contributed by atoms with Crippen LogP contribution in [0.25, 0.3) is 0 Å². The largest absolute Gasteiger partial charge is 0.372 e. The normalized spacial score (nSPS) is 16.5. The molecule has 0 saturated carbocycles. The van der Waals surface area contributed by atoms with Gasteiger partial charge in [0.2, 0.25) is 11.8 Å². The average Bonchev–Trinajstić information content (AvgIpc) is 2.58. The molecular weight excluding hydrogens is 290 g/mol. The topological polar surface area (TPSA) is 61.4 Å². The molecule has 2 amide bonds. The molecule has 1 aliphatic heterocycles. The zero-order valence-corrected chi connectivity index (χ0v) is 13.0. The van der Waals surface area contributed by atoms with E-state index in [2.05, 4.69) is 10.6 Å². The molecule has 5 nitrogen and oxygen atoms in total. The Morgan fingerprint density at radius 2 is 1.83 bits per heavy atom. The van der Waals surface area contributed by atoms with Gasteiger partial charge in [-0.15, -0.1) is 0 Å². The van der Waals surface area contributed by atoms with Gasteiger partial charge in [-0.1, -0.05) is 37.3 Å². The van der Waals surface area contributed by atoms with Gasteiger partial charge in [-0.25, -0.2) is 0 Å². The number of carbonyl (C=O) groups is 2. The minimum absolute atomic E-state index is 0.00290. The summed E-state index contributed by atoms with van der Waals surface area (Å²) in [6, 6.07) is 16.5. The summed E-state index contributed by atoms with van der Waals surface area (Å²) in [6.07, 6.45) is 0.671. The maximum atomic E-state index is 12.6. The summed E-state index contributed by atoms with van der Waals surface area (Å²) in [4.78, 5) is 26.5. The smallest absolute Gasteiger partial charge is 0.250 e. The quantitative estimate of drug-likeness (QED) is 0.913. The van der Waals surface area contributed by atoms with E-state index in [9.17, 15) is 9.59 Å². The van der Waals surface area contributed by atoms with Crippen molar-refractivity contribution in [3.8, 4) is 0 Å². The number of carbonyl (C=O) groups excluding carboxylic acids is 2. The molecule has 1 heterocycles. The summed E-state index contributed by atoms with van der Waals surface area (Å²) in [7, 11) is 0. The molecule has 118 valence electrons. The lowest BCUT2D eigenvalue weighted by molar-refractivity contribution is -0.122. The number of fused-ring (bicyclic) bond motifs is 1. The van der Waals surface area contributed by atoms with Gasteiger partial charge < -0.3 is 10.6 Å². The Morgan fingerprint density at radius 3 is 2.57 bits per heavy atom. The summed E-state index contributed by atoms with van der Waals surface area (Å²) in [6.45, 7) is 1.95. The van der Waals surface area contributed by atoms with Gasteiger partial charge >= 0.3 is 0 Å². The third-order valence-corrected chi connectivity index (χ3v) is 3.86. The lowest BCUT2D eigenvalue weighted by Gasteiger charge is -2.34. The average molecular weight is 309 g/mol. The Morgan fingerprint density at radius 1 is 1.13 bits per heavy atom. The number of benzene rings is 2. The number of hydrogen-bond acceptors (Lipinski definition) is 3. The number of rotatable bonds is 4. The molecule has 3 rings (SSSR count). The molecule has 0 aromatic heterocycles. The summed E-state index contributed by atoms with van der Waals surface area (Å²) >= 11 is 0. The highest BCUT2D eigenvalue weighted by molar-refractivity contribution is 6.09. The van der Waals surface area contributed by atoms with Gasteiger partial charge in [0.25, 0.3) is 0 Å².